The zero-order valence-electron chi connectivity index (χ0n) is 9.91. The lowest BCUT2D eigenvalue weighted by molar-refractivity contribution is -0.00518. The lowest BCUT2D eigenvalue weighted by Gasteiger charge is -2.37. The zero-order chi connectivity index (χ0) is 12.6. The molecule has 0 radical (unpaired) electrons. The third-order valence-electron chi connectivity index (χ3n) is 2.83. The smallest absolute Gasteiger partial charge is 0.139 e. The molecule has 2 unspecified atom stereocenters. The van der Waals surface area contributed by atoms with Gasteiger partial charge < -0.3 is 15.4 Å². The molecule has 3 nitrogen and oxygen atoms in total. The molecule has 1 aliphatic heterocycles. The van der Waals surface area contributed by atoms with E-state index < -0.39 is 0 Å². The number of nitrogens with two attached hydrogens (primary N) is 1. The molecule has 1 aromatic rings. The van der Waals surface area contributed by atoms with Crippen LogP contribution >= 0.6 is 15.9 Å². The first-order valence-corrected chi connectivity index (χ1v) is 6.41. The number of benzene rings is 1. The number of ether oxygens (including phenoxy) is 1. The number of anilines is 2. The Hall–Kier alpha value is -0.810. The second-order valence-corrected chi connectivity index (χ2v) is 5.34. The van der Waals surface area contributed by atoms with Gasteiger partial charge in [-0.1, -0.05) is 0 Å². The largest absolute Gasteiger partial charge is 0.397 e. The van der Waals surface area contributed by atoms with Crippen molar-refractivity contribution in [2.24, 2.45) is 0 Å². The number of nitrogens with zero attached hydrogens (tertiary/aromatic N) is 1. The monoisotopic (exact) mass is 302 g/mol. The van der Waals surface area contributed by atoms with E-state index in [0.717, 1.165) is 18.8 Å². The molecule has 1 heterocycles. The van der Waals surface area contributed by atoms with E-state index in [1.54, 1.807) is 6.07 Å². The van der Waals surface area contributed by atoms with E-state index in [4.69, 9.17) is 10.5 Å². The van der Waals surface area contributed by atoms with Crippen molar-refractivity contribution in [3.8, 4) is 0 Å². The van der Waals surface area contributed by atoms with E-state index in [0.29, 0.717) is 10.2 Å². The van der Waals surface area contributed by atoms with Gasteiger partial charge in [0, 0.05) is 19.2 Å². The Kier molecular flexibility index (Phi) is 3.58. The maximum absolute atomic E-state index is 13.5. The van der Waals surface area contributed by atoms with Crippen LogP contribution in [0.25, 0.3) is 0 Å². The fourth-order valence-corrected chi connectivity index (χ4v) is 2.56. The summed E-state index contributed by atoms with van der Waals surface area (Å²) in [6.07, 6.45) is 0.259. The molecule has 0 saturated carbocycles. The van der Waals surface area contributed by atoms with Crippen LogP contribution in [0.5, 0.6) is 0 Å². The van der Waals surface area contributed by atoms with Crippen LogP contribution < -0.4 is 10.6 Å². The molecule has 0 spiro atoms. The third kappa shape index (κ3) is 2.72. The minimum Gasteiger partial charge on any atom is -0.397 e. The summed E-state index contributed by atoms with van der Waals surface area (Å²) in [6, 6.07) is 3.08. The van der Waals surface area contributed by atoms with Crippen molar-refractivity contribution in [3.63, 3.8) is 0 Å². The molecule has 1 aromatic carbocycles. The van der Waals surface area contributed by atoms with Gasteiger partial charge in [-0.05, 0) is 35.8 Å². The van der Waals surface area contributed by atoms with E-state index >= 15 is 0 Å². The highest BCUT2D eigenvalue weighted by molar-refractivity contribution is 9.10. The highest BCUT2D eigenvalue weighted by Crippen LogP contribution is 2.31. The number of morpholine rings is 1. The predicted octanol–water partition coefficient (Wildman–Crippen LogP) is 2.78. The van der Waals surface area contributed by atoms with Crippen molar-refractivity contribution < 1.29 is 9.13 Å². The second kappa shape index (κ2) is 4.82. The molecule has 0 aromatic heterocycles. The summed E-state index contributed by atoms with van der Waals surface area (Å²) in [7, 11) is 0. The number of nitrogen functional groups attached to an aromatic ring is 1. The Morgan fingerprint density at radius 3 is 2.53 bits per heavy atom. The van der Waals surface area contributed by atoms with E-state index in [1.165, 1.54) is 6.07 Å². The van der Waals surface area contributed by atoms with Gasteiger partial charge in [0.1, 0.15) is 5.82 Å². The summed E-state index contributed by atoms with van der Waals surface area (Å²) in [5, 5.41) is 0. The van der Waals surface area contributed by atoms with E-state index in [1.807, 2.05) is 13.8 Å². The molecule has 17 heavy (non-hydrogen) atoms. The van der Waals surface area contributed by atoms with Gasteiger partial charge in [0.25, 0.3) is 0 Å². The number of rotatable bonds is 1. The first-order chi connectivity index (χ1) is 7.97. The van der Waals surface area contributed by atoms with Gasteiger partial charge in [-0.3, -0.25) is 0 Å². The summed E-state index contributed by atoms with van der Waals surface area (Å²) >= 11 is 3.13. The highest BCUT2D eigenvalue weighted by Gasteiger charge is 2.24. The second-order valence-electron chi connectivity index (χ2n) is 4.49. The number of hydrogen-bond acceptors (Lipinski definition) is 3. The molecule has 1 fully saturated rings. The normalized spacial score (nSPS) is 25.1. The van der Waals surface area contributed by atoms with Crippen molar-refractivity contribution in [1.29, 1.82) is 0 Å². The van der Waals surface area contributed by atoms with Gasteiger partial charge in [-0.2, -0.15) is 0 Å². The molecule has 2 atom stereocenters. The van der Waals surface area contributed by atoms with Gasteiger partial charge in [0.2, 0.25) is 0 Å². The topological polar surface area (TPSA) is 38.5 Å². The SMILES string of the molecule is CC1CN(c2cc(F)c(Br)cc2N)CC(C)O1. The van der Waals surface area contributed by atoms with Crippen LogP contribution in [0.3, 0.4) is 0 Å². The molecule has 2 rings (SSSR count). The van der Waals surface area contributed by atoms with Crippen LogP contribution in [0.2, 0.25) is 0 Å². The minimum atomic E-state index is -0.291. The standard InChI is InChI=1S/C12H16BrFN2O/c1-7-5-16(6-8(2)17-7)12-4-10(14)9(13)3-11(12)15/h3-4,7-8H,5-6,15H2,1-2H3. The summed E-state index contributed by atoms with van der Waals surface area (Å²) < 4.78 is 19.6. The Morgan fingerprint density at radius 2 is 1.94 bits per heavy atom. The lowest BCUT2D eigenvalue weighted by atomic mass is 10.1. The van der Waals surface area contributed by atoms with Gasteiger partial charge >= 0.3 is 0 Å². The van der Waals surface area contributed by atoms with Gasteiger partial charge in [-0.25, -0.2) is 4.39 Å². The zero-order valence-corrected chi connectivity index (χ0v) is 11.5. The summed E-state index contributed by atoms with van der Waals surface area (Å²) in [5.41, 5.74) is 7.26. The Bertz CT molecular complexity index is 417. The molecular formula is C12H16BrFN2O. The first kappa shape index (κ1) is 12.6. The predicted molar refractivity (Wildman–Crippen MR) is 70.7 cm³/mol. The van der Waals surface area contributed by atoms with Crippen LogP contribution in [0.15, 0.2) is 16.6 Å². The number of hydrogen-bond donors (Lipinski definition) is 1. The quantitative estimate of drug-likeness (QED) is 0.811. The molecule has 2 N–H and O–H groups in total. The van der Waals surface area contributed by atoms with E-state index in [2.05, 4.69) is 20.8 Å². The van der Waals surface area contributed by atoms with Crippen LogP contribution in [0.4, 0.5) is 15.8 Å². The molecular weight excluding hydrogens is 287 g/mol. The third-order valence-corrected chi connectivity index (χ3v) is 3.44. The van der Waals surface area contributed by atoms with Crippen molar-refractivity contribution in [1.82, 2.24) is 0 Å². The van der Waals surface area contributed by atoms with Gasteiger partial charge in [0.15, 0.2) is 0 Å². The first-order valence-electron chi connectivity index (χ1n) is 5.62. The van der Waals surface area contributed by atoms with Crippen molar-refractivity contribution in [2.75, 3.05) is 23.7 Å². The molecule has 94 valence electrons. The van der Waals surface area contributed by atoms with Crippen molar-refractivity contribution in [2.45, 2.75) is 26.1 Å². The fourth-order valence-electron chi connectivity index (χ4n) is 2.20. The summed E-state index contributed by atoms with van der Waals surface area (Å²) in [6.45, 7) is 5.48. The Morgan fingerprint density at radius 1 is 1.35 bits per heavy atom. The molecule has 0 amide bonds. The highest BCUT2D eigenvalue weighted by atomic mass is 79.9. The molecule has 0 bridgehead atoms. The van der Waals surface area contributed by atoms with Gasteiger partial charge in [0.05, 0.1) is 28.1 Å². The summed E-state index contributed by atoms with van der Waals surface area (Å²) in [4.78, 5) is 2.07. The minimum absolute atomic E-state index is 0.129. The maximum atomic E-state index is 13.5. The van der Waals surface area contributed by atoms with E-state index in [-0.39, 0.29) is 18.0 Å². The molecule has 0 aliphatic carbocycles. The summed E-state index contributed by atoms with van der Waals surface area (Å²) in [5.74, 6) is -0.291. The van der Waals surface area contributed by atoms with Crippen LogP contribution in [0, 0.1) is 5.82 Å². The Balaban J connectivity index is 2.30. The van der Waals surface area contributed by atoms with E-state index in [9.17, 15) is 4.39 Å². The van der Waals surface area contributed by atoms with Crippen molar-refractivity contribution in [3.05, 3.63) is 22.4 Å². The van der Waals surface area contributed by atoms with Crippen LogP contribution in [-0.2, 0) is 4.74 Å². The average Bonchev–Trinajstić information content (AvgIpc) is 2.22. The van der Waals surface area contributed by atoms with Crippen molar-refractivity contribution >= 4 is 27.3 Å². The van der Waals surface area contributed by atoms with Crippen LogP contribution in [0.1, 0.15) is 13.8 Å². The molecule has 1 aliphatic rings. The fraction of sp³-hybridized carbons (Fsp3) is 0.500. The molecule has 1 saturated heterocycles. The average molecular weight is 303 g/mol. The maximum Gasteiger partial charge on any atom is 0.139 e. The van der Waals surface area contributed by atoms with Crippen LogP contribution in [-0.4, -0.2) is 25.3 Å². The lowest BCUT2D eigenvalue weighted by Crippen LogP contribution is -2.45. The number of halogens is 2. The van der Waals surface area contributed by atoms with Gasteiger partial charge in [-0.15, -0.1) is 0 Å². The molecule has 5 heteroatoms. The Labute approximate surface area is 109 Å².